The summed E-state index contributed by atoms with van der Waals surface area (Å²) in [4.78, 5) is 13.0. The molecule has 1 atom stereocenters. The van der Waals surface area contributed by atoms with Crippen molar-refractivity contribution in [2.24, 2.45) is 0 Å². The number of carboxylic acid groups (broad SMARTS) is 1. The van der Waals surface area contributed by atoms with Crippen LogP contribution in [0.4, 0.5) is 5.69 Å². The molecule has 1 saturated heterocycles. The molecule has 1 aromatic carbocycles. The lowest BCUT2D eigenvalue weighted by molar-refractivity contribution is -0.137. The highest BCUT2D eigenvalue weighted by Crippen LogP contribution is 2.28. The van der Waals surface area contributed by atoms with Crippen molar-refractivity contribution in [1.82, 2.24) is 0 Å². The topological polar surface area (TPSA) is 40.5 Å². The maximum Gasteiger partial charge on any atom is 0.303 e. The lowest BCUT2D eigenvalue weighted by Gasteiger charge is -2.26. The van der Waals surface area contributed by atoms with Gasteiger partial charge in [0.2, 0.25) is 0 Å². The normalized spacial score (nSPS) is 19.2. The summed E-state index contributed by atoms with van der Waals surface area (Å²) in [5.41, 5.74) is 2.58. The minimum atomic E-state index is -0.691. The third kappa shape index (κ3) is 3.03. The molecule has 0 amide bonds. The molecule has 0 saturated carbocycles. The number of benzene rings is 1. The van der Waals surface area contributed by atoms with E-state index in [1.54, 1.807) is 0 Å². The van der Waals surface area contributed by atoms with Gasteiger partial charge in [-0.3, -0.25) is 4.79 Å². The Kier molecular flexibility index (Phi) is 4.24. The van der Waals surface area contributed by atoms with Crippen molar-refractivity contribution in [1.29, 1.82) is 0 Å². The van der Waals surface area contributed by atoms with Crippen LogP contribution in [-0.2, 0) is 11.2 Å². The van der Waals surface area contributed by atoms with E-state index < -0.39 is 5.97 Å². The minimum Gasteiger partial charge on any atom is -0.481 e. The lowest BCUT2D eigenvalue weighted by atomic mass is 10.1. The molecule has 0 aromatic heterocycles. The Morgan fingerprint density at radius 2 is 2.11 bits per heavy atom. The van der Waals surface area contributed by atoms with Crippen LogP contribution in [-0.4, -0.2) is 23.7 Å². The molecule has 0 spiro atoms. The Labute approximate surface area is 108 Å². The average molecular weight is 247 g/mol. The van der Waals surface area contributed by atoms with Crippen molar-refractivity contribution in [3.8, 4) is 0 Å². The van der Waals surface area contributed by atoms with Crippen LogP contribution in [0.5, 0.6) is 0 Å². The molecule has 1 heterocycles. The summed E-state index contributed by atoms with van der Waals surface area (Å²) in [5, 5.41) is 8.78. The molecule has 1 unspecified atom stereocenters. The summed E-state index contributed by atoms with van der Waals surface area (Å²) in [6.07, 6.45) is 4.37. The molecule has 18 heavy (non-hydrogen) atoms. The first-order valence-corrected chi connectivity index (χ1v) is 6.78. The number of carboxylic acids is 1. The predicted molar refractivity (Wildman–Crippen MR) is 73.1 cm³/mol. The van der Waals surface area contributed by atoms with Crippen molar-refractivity contribution in [3.05, 3.63) is 29.8 Å². The molecular formula is C15H21NO2. The predicted octanol–water partition coefficient (Wildman–Crippen LogP) is 3.08. The fourth-order valence-corrected chi connectivity index (χ4v) is 2.69. The molecular weight excluding hydrogens is 226 g/mol. The van der Waals surface area contributed by atoms with E-state index >= 15 is 0 Å². The maximum absolute atomic E-state index is 10.7. The molecule has 1 N–H and O–H groups in total. The molecule has 3 heteroatoms. The second-order valence-electron chi connectivity index (χ2n) is 4.94. The maximum atomic E-state index is 10.7. The van der Waals surface area contributed by atoms with Crippen LogP contribution in [0.25, 0.3) is 0 Å². The van der Waals surface area contributed by atoms with Gasteiger partial charge in [-0.2, -0.15) is 0 Å². The molecule has 1 aliphatic heterocycles. The van der Waals surface area contributed by atoms with E-state index in [2.05, 4.69) is 36.1 Å². The highest BCUT2D eigenvalue weighted by atomic mass is 16.4. The van der Waals surface area contributed by atoms with E-state index in [-0.39, 0.29) is 6.42 Å². The number of aryl methyl sites for hydroxylation is 1. The Bertz CT molecular complexity index is 399. The van der Waals surface area contributed by atoms with Gasteiger partial charge in [0, 0.05) is 24.7 Å². The molecule has 2 rings (SSSR count). The van der Waals surface area contributed by atoms with E-state index in [9.17, 15) is 4.79 Å². The second-order valence-corrected chi connectivity index (χ2v) is 4.94. The van der Waals surface area contributed by atoms with E-state index in [0.29, 0.717) is 6.04 Å². The number of hydrogen-bond acceptors (Lipinski definition) is 2. The van der Waals surface area contributed by atoms with E-state index in [1.165, 1.54) is 17.7 Å². The summed E-state index contributed by atoms with van der Waals surface area (Å²) in [5.74, 6) is -0.691. The fourth-order valence-electron chi connectivity index (χ4n) is 2.69. The minimum absolute atomic E-state index is 0.272. The fraction of sp³-hybridized carbons (Fsp3) is 0.533. The standard InChI is InChI=1S/C15H21NO2/c1-2-12-5-7-14(8-6-12)16-11-3-4-13(16)9-10-15(17)18/h5-8,13H,2-4,9-11H2,1H3,(H,17,18). The third-order valence-corrected chi connectivity index (χ3v) is 3.74. The van der Waals surface area contributed by atoms with Gasteiger partial charge in [0.25, 0.3) is 0 Å². The van der Waals surface area contributed by atoms with Crippen molar-refractivity contribution in [2.75, 3.05) is 11.4 Å². The summed E-state index contributed by atoms with van der Waals surface area (Å²) < 4.78 is 0. The Morgan fingerprint density at radius 1 is 1.39 bits per heavy atom. The summed E-state index contributed by atoms with van der Waals surface area (Å²) in [6.45, 7) is 3.20. The van der Waals surface area contributed by atoms with Crippen molar-refractivity contribution >= 4 is 11.7 Å². The molecule has 1 aliphatic rings. The van der Waals surface area contributed by atoms with E-state index in [1.807, 2.05) is 0 Å². The van der Waals surface area contributed by atoms with Crippen LogP contribution in [0.1, 0.15) is 38.2 Å². The van der Waals surface area contributed by atoms with Gasteiger partial charge >= 0.3 is 5.97 Å². The quantitative estimate of drug-likeness (QED) is 0.869. The van der Waals surface area contributed by atoms with Crippen LogP contribution in [0.2, 0.25) is 0 Å². The number of rotatable bonds is 5. The zero-order chi connectivity index (χ0) is 13.0. The largest absolute Gasteiger partial charge is 0.481 e. The highest BCUT2D eigenvalue weighted by molar-refractivity contribution is 5.66. The van der Waals surface area contributed by atoms with Crippen LogP contribution in [0.15, 0.2) is 24.3 Å². The number of carbonyl (C=O) groups is 1. The SMILES string of the molecule is CCc1ccc(N2CCCC2CCC(=O)O)cc1. The lowest BCUT2D eigenvalue weighted by Crippen LogP contribution is -2.29. The van der Waals surface area contributed by atoms with Crippen LogP contribution in [0, 0.1) is 0 Å². The van der Waals surface area contributed by atoms with Gasteiger partial charge in [-0.1, -0.05) is 19.1 Å². The van der Waals surface area contributed by atoms with Gasteiger partial charge in [0.05, 0.1) is 0 Å². The number of nitrogens with zero attached hydrogens (tertiary/aromatic N) is 1. The molecule has 1 fully saturated rings. The van der Waals surface area contributed by atoms with Gasteiger partial charge in [-0.15, -0.1) is 0 Å². The molecule has 98 valence electrons. The number of anilines is 1. The van der Waals surface area contributed by atoms with Gasteiger partial charge in [0.15, 0.2) is 0 Å². The summed E-state index contributed by atoms with van der Waals surface area (Å²) >= 11 is 0. The van der Waals surface area contributed by atoms with Crippen LogP contribution in [0.3, 0.4) is 0 Å². The second kappa shape index (κ2) is 5.89. The Balaban J connectivity index is 2.03. The van der Waals surface area contributed by atoms with Crippen molar-refractivity contribution in [2.45, 2.75) is 45.1 Å². The molecule has 0 bridgehead atoms. The van der Waals surface area contributed by atoms with Gasteiger partial charge in [-0.05, 0) is 43.4 Å². The number of aliphatic carboxylic acids is 1. The molecule has 0 aliphatic carbocycles. The molecule has 0 radical (unpaired) electrons. The van der Waals surface area contributed by atoms with Gasteiger partial charge in [0.1, 0.15) is 0 Å². The van der Waals surface area contributed by atoms with E-state index in [4.69, 9.17) is 5.11 Å². The van der Waals surface area contributed by atoms with Crippen molar-refractivity contribution < 1.29 is 9.90 Å². The molecule has 3 nitrogen and oxygen atoms in total. The molecule has 1 aromatic rings. The Morgan fingerprint density at radius 3 is 2.72 bits per heavy atom. The summed E-state index contributed by atoms with van der Waals surface area (Å²) in [7, 11) is 0. The zero-order valence-corrected chi connectivity index (χ0v) is 10.9. The first-order valence-electron chi connectivity index (χ1n) is 6.78. The average Bonchev–Trinajstić information content (AvgIpc) is 2.85. The first-order chi connectivity index (χ1) is 8.70. The van der Waals surface area contributed by atoms with E-state index in [0.717, 1.165) is 25.8 Å². The Hall–Kier alpha value is -1.51. The van der Waals surface area contributed by atoms with Gasteiger partial charge in [-0.25, -0.2) is 0 Å². The third-order valence-electron chi connectivity index (χ3n) is 3.74. The zero-order valence-electron chi connectivity index (χ0n) is 10.9. The monoisotopic (exact) mass is 247 g/mol. The highest BCUT2D eigenvalue weighted by Gasteiger charge is 2.24. The summed E-state index contributed by atoms with van der Waals surface area (Å²) in [6, 6.07) is 9.06. The first kappa shape index (κ1) is 12.9. The van der Waals surface area contributed by atoms with Crippen LogP contribution < -0.4 is 4.90 Å². The van der Waals surface area contributed by atoms with Gasteiger partial charge < -0.3 is 10.0 Å². The smallest absolute Gasteiger partial charge is 0.303 e. The van der Waals surface area contributed by atoms with Crippen LogP contribution >= 0.6 is 0 Å². The number of hydrogen-bond donors (Lipinski definition) is 1. The van der Waals surface area contributed by atoms with Crippen molar-refractivity contribution in [3.63, 3.8) is 0 Å².